The fraction of sp³-hybridized carbons (Fsp3) is 0.529. The number of halogens is 1. The molecule has 3 rings (SSSR count). The molecule has 6 heteroatoms. The molecule has 23 heavy (non-hydrogen) atoms. The topological polar surface area (TPSA) is 56.6 Å². The van der Waals surface area contributed by atoms with Crippen molar-refractivity contribution in [2.75, 3.05) is 26.2 Å². The second kappa shape index (κ2) is 6.65. The molecule has 5 nitrogen and oxygen atoms in total. The minimum atomic E-state index is -0.488. The molecule has 0 aromatic heterocycles. The molecule has 0 N–H and O–H groups in total. The van der Waals surface area contributed by atoms with E-state index in [0.717, 1.165) is 25.1 Å². The first-order valence-electron chi connectivity index (χ1n) is 7.88. The van der Waals surface area contributed by atoms with Gasteiger partial charge in [0.2, 0.25) is 5.91 Å². The molecule has 2 aliphatic rings. The number of likely N-dealkylation sites (tertiary alicyclic amines) is 1. The Morgan fingerprint density at radius 2 is 2.30 bits per heavy atom. The van der Waals surface area contributed by atoms with Crippen LogP contribution in [0.15, 0.2) is 18.2 Å². The summed E-state index contributed by atoms with van der Waals surface area (Å²) < 4.78 is 19.2. The highest BCUT2D eigenvalue weighted by atomic mass is 19.1. The van der Waals surface area contributed by atoms with Gasteiger partial charge in [-0.25, -0.2) is 4.39 Å². The summed E-state index contributed by atoms with van der Waals surface area (Å²) in [5, 5.41) is 8.93. The molecular weight excluding hydrogens is 297 g/mol. The highest BCUT2D eigenvalue weighted by Crippen LogP contribution is 2.24. The second-order valence-electron chi connectivity index (χ2n) is 6.14. The van der Waals surface area contributed by atoms with Crippen LogP contribution in [0.2, 0.25) is 0 Å². The lowest BCUT2D eigenvalue weighted by atomic mass is 9.98. The summed E-state index contributed by atoms with van der Waals surface area (Å²) in [4.78, 5) is 15.9. The number of rotatable bonds is 2. The SMILES string of the molecule is CC(=O)N1CCO[C@@H]2CCN(Cc3ccc(F)c(C#N)c3)C[C@H]21. The zero-order valence-corrected chi connectivity index (χ0v) is 13.2. The normalized spacial score (nSPS) is 24.8. The number of carbonyl (C=O) groups is 1. The molecule has 2 heterocycles. The molecule has 2 fully saturated rings. The van der Waals surface area contributed by atoms with Crippen LogP contribution >= 0.6 is 0 Å². The Hall–Kier alpha value is -1.97. The summed E-state index contributed by atoms with van der Waals surface area (Å²) in [6.45, 7) is 5.09. The van der Waals surface area contributed by atoms with Gasteiger partial charge in [-0.2, -0.15) is 5.26 Å². The number of hydrogen-bond acceptors (Lipinski definition) is 4. The molecule has 2 aliphatic heterocycles. The summed E-state index contributed by atoms with van der Waals surface area (Å²) in [5.41, 5.74) is 0.983. The van der Waals surface area contributed by atoms with Crippen LogP contribution in [0.25, 0.3) is 0 Å². The minimum Gasteiger partial charge on any atom is -0.374 e. The molecule has 2 saturated heterocycles. The summed E-state index contributed by atoms with van der Waals surface area (Å²) >= 11 is 0. The number of piperidine rings is 1. The predicted octanol–water partition coefficient (Wildman–Crippen LogP) is 1.52. The number of amides is 1. The second-order valence-corrected chi connectivity index (χ2v) is 6.14. The summed E-state index contributed by atoms with van der Waals surface area (Å²) in [5.74, 6) is -0.405. The molecular formula is C17H20FN3O2. The van der Waals surface area contributed by atoms with Gasteiger partial charge in [0.25, 0.3) is 0 Å². The van der Waals surface area contributed by atoms with Crippen LogP contribution in [0, 0.1) is 17.1 Å². The first-order valence-corrected chi connectivity index (χ1v) is 7.88. The first-order chi connectivity index (χ1) is 11.1. The maximum absolute atomic E-state index is 13.4. The van der Waals surface area contributed by atoms with Crippen molar-refractivity contribution in [3.8, 4) is 6.07 Å². The number of fused-ring (bicyclic) bond motifs is 1. The van der Waals surface area contributed by atoms with Gasteiger partial charge in [0.05, 0.1) is 24.3 Å². The van der Waals surface area contributed by atoms with E-state index in [0.29, 0.717) is 19.7 Å². The lowest BCUT2D eigenvalue weighted by Crippen LogP contribution is -2.60. The van der Waals surface area contributed by atoms with Crippen LogP contribution in [0.3, 0.4) is 0 Å². The highest BCUT2D eigenvalue weighted by molar-refractivity contribution is 5.73. The van der Waals surface area contributed by atoms with Gasteiger partial charge in [-0.15, -0.1) is 0 Å². The van der Waals surface area contributed by atoms with Crippen LogP contribution in [-0.4, -0.2) is 54.1 Å². The zero-order chi connectivity index (χ0) is 16.4. The van der Waals surface area contributed by atoms with E-state index in [-0.39, 0.29) is 23.6 Å². The van der Waals surface area contributed by atoms with E-state index in [1.165, 1.54) is 6.07 Å². The standard InChI is InChI=1S/C17H20FN3O2/c1-12(22)21-6-7-23-17-4-5-20(11-16(17)21)10-13-2-3-15(18)14(8-13)9-19/h2-3,8,16-17H,4-7,10-11H2,1H3/t16-,17-/m1/s1. The van der Waals surface area contributed by atoms with Crippen molar-refractivity contribution < 1.29 is 13.9 Å². The van der Waals surface area contributed by atoms with Crippen LogP contribution < -0.4 is 0 Å². The third-order valence-corrected chi connectivity index (χ3v) is 4.63. The number of hydrogen-bond donors (Lipinski definition) is 0. The van der Waals surface area contributed by atoms with E-state index in [9.17, 15) is 9.18 Å². The Morgan fingerprint density at radius 3 is 3.04 bits per heavy atom. The molecule has 2 atom stereocenters. The quantitative estimate of drug-likeness (QED) is 0.830. The fourth-order valence-corrected chi connectivity index (χ4v) is 3.49. The number of carbonyl (C=O) groups excluding carboxylic acids is 1. The van der Waals surface area contributed by atoms with Crippen molar-refractivity contribution in [3.05, 3.63) is 35.1 Å². The van der Waals surface area contributed by atoms with E-state index in [2.05, 4.69) is 4.90 Å². The van der Waals surface area contributed by atoms with Gasteiger partial charge in [0.1, 0.15) is 11.9 Å². The lowest BCUT2D eigenvalue weighted by molar-refractivity contribution is -0.150. The Balaban J connectivity index is 1.70. The molecule has 1 amide bonds. The van der Waals surface area contributed by atoms with Gasteiger partial charge in [-0.1, -0.05) is 6.07 Å². The number of morpholine rings is 1. The maximum Gasteiger partial charge on any atom is 0.219 e. The largest absolute Gasteiger partial charge is 0.374 e. The number of ether oxygens (including phenoxy) is 1. The van der Waals surface area contributed by atoms with Crippen molar-refractivity contribution in [3.63, 3.8) is 0 Å². The number of nitrogens with zero attached hydrogens (tertiary/aromatic N) is 3. The summed E-state index contributed by atoms with van der Waals surface area (Å²) in [6.07, 6.45) is 0.979. The van der Waals surface area contributed by atoms with E-state index in [1.54, 1.807) is 19.1 Å². The van der Waals surface area contributed by atoms with Crippen molar-refractivity contribution >= 4 is 5.91 Å². The zero-order valence-electron chi connectivity index (χ0n) is 13.2. The van der Waals surface area contributed by atoms with Crippen molar-refractivity contribution in [2.24, 2.45) is 0 Å². The average Bonchev–Trinajstić information content (AvgIpc) is 2.55. The Kier molecular flexibility index (Phi) is 4.60. The average molecular weight is 317 g/mol. The fourth-order valence-electron chi connectivity index (χ4n) is 3.49. The van der Waals surface area contributed by atoms with Gasteiger partial charge in [0.15, 0.2) is 0 Å². The van der Waals surface area contributed by atoms with Crippen LogP contribution in [0.5, 0.6) is 0 Å². The summed E-state index contributed by atoms with van der Waals surface area (Å²) in [7, 11) is 0. The highest BCUT2D eigenvalue weighted by Gasteiger charge is 2.38. The number of benzene rings is 1. The van der Waals surface area contributed by atoms with E-state index in [4.69, 9.17) is 10.00 Å². The van der Waals surface area contributed by atoms with Gasteiger partial charge < -0.3 is 9.64 Å². The first kappa shape index (κ1) is 15.9. The molecule has 0 spiro atoms. The molecule has 0 radical (unpaired) electrons. The predicted molar refractivity (Wildman–Crippen MR) is 81.9 cm³/mol. The van der Waals surface area contributed by atoms with Crippen molar-refractivity contribution in [1.82, 2.24) is 9.80 Å². The Morgan fingerprint density at radius 1 is 1.48 bits per heavy atom. The van der Waals surface area contributed by atoms with Gasteiger partial charge in [-0.3, -0.25) is 9.69 Å². The minimum absolute atomic E-state index is 0.0729. The molecule has 1 aromatic carbocycles. The Bertz CT molecular complexity index is 643. The molecule has 0 bridgehead atoms. The molecule has 122 valence electrons. The van der Waals surface area contributed by atoms with E-state index in [1.807, 2.05) is 11.0 Å². The van der Waals surface area contributed by atoms with E-state index >= 15 is 0 Å². The lowest BCUT2D eigenvalue weighted by Gasteiger charge is -2.46. The van der Waals surface area contributed by atoms with Crippen molar-refractivity contribution in [2.45, 2.75) is 32.0 Å². The molecule has 0 unspecified atom stereocenters. The summed E-state index contributed by atoms with van der Waals surface area (Å²) in [6, 6.07) is 6.60. The molecule has 0 aliphatic carbocycles. The molecule has 1 aromatic rings. The third kappa shape index (κ3) is 3.36. The van der Waals surface area contributed by atoms with Gasteiger partial charge in [0, 0.05) is 33.1 Å². The van der Waals surface area contributed by atoms with Gasteiger partial charge in [-0.05, 0) is 24.1 Å². The Labute approximate surface area is 135 Å². The van der Waals surface area contributed by atoms with Crippen molar-refractivity contribution in [1.29, 1.82) is 5.26 Å². The van der Waals surface area contributed by atoms with Crippen LogP contribution in [0.1, 0.15) is 24.5 Å². The maximum atomic E-state index is 13.4. The smallest absolute Gasteiger partial charge is 0.219 e. The van der Waals surface area contributed by atoms with Crippen LogP contribution in [0.4, 0.5) is 4.39 Å². The van der Waals surface area contributed by atoms with Crippen LogP contribution in [-0.2, 0) is 16.1 Å². The molecule has 0 saturated carbocycles. The monoisotopic (exact) mass is 317 g/mol. The van der Waals surface area contributed by atoms with E-state index < -0.39 is 5.82 Å². The third-order valence-electron chi connectivity index (χ3n) is 4.63. The number of nitriles is 1. The van der Waals surface area contributed by atoms with Gasteiger partial charge >= 0.3 is 0 Å².